The Balaban J connectivity index is 1.74. The Morgan fingerprint density at radius 1 is 1.42 bits per heavy atom. The van der Waals surface area contributed by atoms with Crippen molar-refractivity contribution in [2.24, 2.45) is 0 Å². The van der Waals surface area contributed by atoms with E-state index in [1.807, 2.05) is 6.92 Å². The summed E-state index contributed by atoms with van der Waals surface area (Å²) in [4.78, 5) is 2.35. The van der Waals surface area contributed by atoms with Crippen molar-refractivity contribution in [2.45, 2.75) is 51.2 Å². The SMILES string of the molecule is CCOCCCNC(=S)N1CCOC2CCCCC21. The minimum atomic E-state index is 0.394. The maximum atomic E-state index is 5.87. The Hall–Kier alpha value is -0.390. The normalized spacial score (nSPS) is 26.9. The van der Waals surface area contributed by atoms with Crippen molar-refractivity contribution in [1.29, 1.82) is 0 Å². The van der Waals surface area contributed by atoms with Crippen LogP contribution in [0.4, 0.5) is 0 Å². The summed E-state index contributed by atoms with van der Waals surface area (Å²) in [6.45, 7) is 6.25. The van der Waals surface area contributed by atoms with Crippen LogP contribution in [0.15, 0.2) is 0 Å². The second-order valence-corrected chi connectivity index (χ2v) is 5.62. The Morgan fingerprint density at radius 2 is 2.26 bits per heavy atom. The van der Waals surface area contributed by atoms with Crippen LogP contribution in [-0.4, -0.2) is 55.1 Å². The van der Waals surface area contributed by atoms with Crippen LogP contribution in [0.3, 0.4) is 0 Å². The van der Waals surface area contributed by atoms with Gasteiger partial charge in [0.05, 0.1) is 18.8 Å². The maximum absolute atomic E-state index is 5.87. The third-order valence-corrected chi connectivity index (χ3v) is 4.32. The van der Waals surface area contributed by atoms with E-state index >= 15 is 0 Å². The Kier molecular flexibility index (Phi) is 6.34. The van der Waals surface area contributed by atoms with E-state index in [0.29, 0.717) is 12.1 Å². The molecular weight excluding hydrogens is 260 g/mol. The van der Waals surface area contributed by atoms with Crippen molar-refractivity contribution in [3.8, 4) is 0 Å². The molecule has 0 bridgehead atoms. The number of ether oxygens (including phenoxy) is 2. The first-order valence-electron chi connectivity index (χ1n) is 7.56. The van der Waals surface area contributed by atoms with Gasteiger partial charge in [-0.25, -0.2) is 0 Å². The zero-order valence-electron chi connectivity index (χ0n) is 11.9. The summed E-state index contributed by atoms with van der Waals surface area (Å²) in [6.07, 6.45) is 6.40. The largest absolute Gasteiger partial charge is 0.382 e. The molecule has 4 nitrogen and oxygen atoms in total. The van der Waals surface area contributed by atoms with Gasteiger partial charge in [0.25, 0.3) is 0 Å². The first-order valence-corrected chi connectivity index (χ1v) is 7.97. The number of thiocarbonyl (C=S) groups is 1. The van der Waals surface area contributed by atoms with Crippen molar-refractivity contribution in [1.82, 2.24) is 10.2 Å². The lowest BCUT2D eigenvalue weighted by Gasteiger charge is -2.45. The fourth-order valence-electron chi connectivity index (χ4n) is 2.96. The van der Waals surface area contributed by atoms with Gasteiger partial charge in [0, 0.05) is 26.3 Å². The smallest absolute Gasteiger partial charge is 0.169 e. The van der Waals surface area contributed by atoms with Crippen molar-refractivity contribution < 1.29 is 9.47 Å². The Bertz CT molecular complexity index is 287. The Labute approximate surface area is 121 Å². The summed E-state index contributed by atoms with van der Waals surface area (Å²) >= 11 is 5.54. The molecule has 0 aromatic carbocycles. The van der Waals surface area contributed by atoms with Crippen LogP contribution in [0, 0.1) is 0 Å². The van der Waals surface area contributed by atoms with Crippen LogP contribution >= 0.6 is 12.2 Å². The number of nitrogens with one attached hydrogen (secondary N) is 1. The summed E-state index contributed by atoms with van der Waals surface area (Å²) in [6, 6.07) is 0.495. The van der Waals surface area contributed by atoms with E-state index in [0.717, 1.165) is 44.4 Å². The zero-order chi connectivity index (χ0) is 13.5. The summed E-state index contributed by atoms with van der Waals surface area (Å²) in [7, 11) is 0. The minimum absolute atomic E-state index is 0.394. The molecule has 1 saturated heterocycles. The molecule has 2 fully saturated rings. The minimum Gasteiger partial charge on any atom is -0.382 e. The van der Waals surface area contributed by atoms with Crippen molar-refractivity contribution in [3.05, 3.63) is 0 Å². The lowest BCUT2D eigenvalue weighted by atomic mass is 9.90. The van der Waals surface area contributed by atoms with Gasteiger partial charge in [-0.2, -0.15) is 0 Å². The molecule has 5 heteroatoms. The molecule has 0 spiro atoms. The molecule has 2 aliphatic rings. The standard InChI is InChI=1S/C14H26N2O2S/c1-2-17-10-5-8-15-14(19)16-9-11-18-13-7-4-3-6-12(13)16/h12-13H,2-11H2,1H3,(H,15,19). The highest BCUT2D eigenvalue weighted by Crippen LogP contribution is 2.28. The summed E-state index contributed by atoms with van der Waals surface area (Å²) in [5, 5.41) is 4.27. The van der Waals surface area contributed by atoms with E-state index in [4.69, 9.17) is 21.7 Å². The van der Waals surface area contributed by atoms with Crippen LogP contribution in [0.2, 0.25) is 0 Å². The highest BCUT2D eigenvalue weighted by molar-refractivity contribution is 7.80. The molecule has 1 saturated carbocycles. The predicted octanol–water partition coefficient (Wildman–Crippen LogP) is 1.93. The molecule has 0 amide bonds. The van der Waals surface area contributed by atoms with Gasteiger partial charge in [0.15, 0.2) is 5.11 Å². The zero-order valence-corrected chi connectivity index (χ0v) is 12.7. The molecule has 0 aromatic rings. The van der Waals surface area contributed by atoms with Gasteiger partial charge in [-0.3, -0.25) is 0 Å². The average Bonchev–Trinajstić information content (AvgIpc) is 2.46. The van der Waals surface area contributed by atoms with Gasteiger partial charge in [-0.15, -0.1) is 0 Å². The van der Waals surface area contributed by atoms with Crippen molar-refractivity contribution in [3.63, 3.8) is 0 Å². The summed E-state index contributed by atoms with van der Waals surface area (Å²) in [5.74, 6) is 0. The first kappa shape index (κ1) is 15.0. The molecule has 110 valence electrons. The van der Waals surface area contributed by atoms with Crippen LogP contribution in [-0.2, 0) is 9.47 Å². The molecule has 0 aromatic heterocycles. The third-order valence-electron chi connectivity index (χ3n) is 3.94. The molecular formula is C14H26N2O2S. The maximum Gasteiger partial charge on any atom is 0.169 e. The van der Waals surface area contributed by atoms with Crippen molar-refractivity contribution in [2.75, 3.05) is 32.9 Å². The predicted molar refractivity (Wildman–Crippen MR) is 80.4 cm³/mol. The van der Waals surface area contributed by atoms with Crippen LogP contribution < -0.4 is 5.32 Å². The molecule has 1 N–H and O–H groups in total. The number of morpholine rings is 1. The fourth-order valence-corrected chi connectivity index (χ4v) is 3.29. The van der Waals surface area contributed by atoms with Gasteiger partial charge in [-0.05, 0) is 38.4 Å². The lowest BCUT2D eigenvalue weighted by molar-refractivity contribution is -0.0638. The van der Waals surface area contributed by atoms with Gasteiger partial charge < -0.3 is 19.7 Å². The Morgan fingerprint density at radius 3 is 3.11 bits per heavy atom. The van der Waals surface area contributed by atoms with E-state index < -0.39 is 0 Å². The monoisotopic (exact) mass is 286 g/mol. The quantitative estimate of drug-likeness (QED) is 0.617. The number of rotatable bonds is 5. The number of hydrogen-bond acceptors (Lipinski definition) is 3. The third kappa shape index (κ3) is 4.29. The van der Waals surface area contributed by atoms with Gasteiger partial charge >= 0.3 is 0 Å². The number of hydrogen-bond donors (Lipinski definition) is 1. The topological polar surface area (TPSA) is 33.7 Å². The average molecular weight is 286 g/mol. The molecule has 1 heterocycles. The second kappa shape index (κ2) is 8.02. The second-order valence-electron chi connectivity index (χ2n) is 5.24. The van der Waals surface area contributed by atoms with E-state index in [1.54, 1.807) is 0 Å². The van der Waals surface area contributed by atoms with Crippen LogP contribution in [0.25, 0.3) is 0 Å². The van der Waals surface area contributed by atoms with Gasteiger partial charge in [0.2, 0.25) is 0 Å². The van der Waals surface area contributed by atoms with Crippen molar-refractivity contribution >= 4 is 17.3 Å². The summed E-state index contributed by atoms with van der Waals surface area (Å²) in [5.41, 5.74) is 0. The highest BCUT2D eigenvalue weighted by atomic mass is 32.1. The van der Waals surface area contributed by atoms with Gasteiger partial charge in [-0.1, -0.05) is 12.8 Å². The fraction of sp³-hybridized carbons (Fsp3) is 0.929. The molecule has 19 heavy (non-hydrogen) atoms. The molecule has 1 aliphatic heterocycles. The summed E-state index contributed by atoms with van der Waals surface area (Å²) < 4.78 is 11.2. The van der Waals surface area contributed by atoms with E-state index in [2.05, 4.69) is 10.2 Å². The number of nitrogens with zero attached hydrogens (tertiary/aromatic N) is 1. The number of fused-ring (bicyclic) bond motifs is 1. The first-order chi connectivity index (χ1) is 9.33. The lowest BCUT2D eigenvalue weighted by Crippen LogP contribution is -2.57. The van der Waals surface area contributed by atoms with E-state index in [-0.39, 0.29) is 0 Å². The van der Waals surface area contributed by atoms with Crippen LogP contribution in [0.1, 0.15) is 39.0 Å². The molecule has 2 atom stereocenters. The molecule has 2 rings (SSSR count). The van der Waals surface area contributed by atoms with Gasteiger partial charge in [0.1, 0.15) is 0 Å². The highest BCUT2D eigenvalue weighted by Gasteiger charge is 2.35. The van der Waals surface area contributed by atoms with E-state index in [9.17, 15) is 0 Å². The molecule has 2 unspecified atom stereocenters. The van der Waals surface area contributed by atoms with E-state index in [1.165, 1.54) is 25.7 Å². The van der Waals surface area contributed by atoms with Crippen LogP contribution in [0.5, 0.6) is 0 Å². The molecule has 0 radical (unpaired) electrons. The molecule has 1 aliphatic carbocycles.